The molecule has 5 heteroatoms. The van der Waals surface area contributed by atoms with Crippen LogP contribution in [0.1, 0.15) is 44.6 Å². The van der Waals surface area contributed by atoms with Gasteiger partial charge in [0.05, 0.1) is 22.7 Å². The highest BCUT2D eigenvalue weighted by Gasteiger charge is 2.10. The molecule has 3 aromatic carbocycles. The Balaban J connectivity index is 1.32. The van der Waals surface area contributed by atoms with Crippen molar-refractivity contribution in [1.29, 1.82) is 0 Å². The van der Waals surface area contributed by atoms with E-state index in [-0.39, 0.29) is 0 Å². The SMILES string of the molecule is CCCCc1ccc(N=Nc2ccc(N=Nc3ccc(N4CCCCC4)cc3)cc2)cc1. The van der Waals surface area contributed by atoms with E-state index < -0.39 is 0 Å². The Bertz CT molecular complexity index is 1020. The molecule has 32 heavy (non-hydrogen) atoms. The molecule has 5 nitrogen and oxygen atoms in total. The molecule has 0 N–H and O–H groups in total. The first kappa shape index (κ1) is 21.9. The zero-order chi connectivity index (χ0) is 22.0. The summed E-state index contributed by atoms with van der Waals surface area (Å²) in [7, 11) is 0. The van der Waals surface area contributed by atoms with Gasteiger partial charge in [-0.3, -0.25) is 0 Å². The molecule has 0 bridgehead atoms. The Morgan fingerprint density at radius 2 is 1.03 bits per heavy atom. The molecule has 4 rings (SSSR count). The van der Waals surface area contributed by atoms with Gasteiger partial charge in [0.25, 0.3) is 0 Å². The molecule has 0 radical (unpaired) electrons. The van der Waals surface area contributed by atoms with Crippen LogP contribution in [0.15, 0.2) is 93.3 Å². The van der Waals surface area contributed by atoms with E-state index >= 15 is 0 Å². The summed E-state index contributed by atoms with van der Waals surface area (Å²) in [6, 6.07) is 24.3. The molecule has 0 unspecified atom stereocenters. The predicted molar refractivity (Wildman–Crippen MR) is 132 cm³/mol. The van der Waals surface area contributed by atoms with Crippen molar-refractivity contribution in [2.75, 3.05) is 18.0 Å². The number of piperidine rings is 1. The van der Waals surface area contributed by atoms with Gasteiger partial charge in [0, 0.05) is 18.8 Å². The molecular formula is C27H31N5. The zero-order valence-electron chi connectivity index (χ0n) is 18.8. The van der Waals surface area contributed by atoms with Gasteiger partial charge in [-0.1, -0.05) is 25.5 Å². The number of unbranched alkanes of at least 4 members (excludes halogenated alkanes) is 1. The highest BCUT2D eigenvalue weighted by Crippen LogP contribution is 2.26. The van der Waals surface area contributed by atoms with Crippen molar-refractivity contribution in [2.24, 2.45) is 20.5 Å². The van der Waals surface area contributed by atoms with E-state index in [1.807, 2.05) is 48.5 Å². The van der Waals surface area contributed by atoms with E-state index in [1.165, 1.54) is 43.4 Å². The lowest BCUT2D eigenvalue weighted by molar-refractivity contribution is 0.578. The molecule has 1 heterocycles. The number of azo groups is 2. The maximum Gasteiger partial charge on any atom is 0.0858 e. The number of hydrogen-bond donors (Lipinski definition) is 0. The van der Waals surface area contributed by atoms with Crippen LogP contribution in [-0.4, -0.2) is 13.1 Å². The smallest absolute Gasteiger partial charge is 0.0858 e. The van der Waals surface area contributed by atoms with Crippen LogP contribution < -0.4 is 4.90 Å². The second kappa shape index (κ2) is 11.3. The maximum absolute atomic E-state index is 4.37. The maximum atomic E-state index is 4.37. The number of benzene rings is 3. The predicted octanol–water partition coefficient (Wildman–Crippen LogP) is 8.85. The van der Waals surface area contributed by atoms with Crippen LogP contribution in [0.5, 0.6) is 0 Å². The molecule has 1 aliphatic heterocycles. The van der Waals surface area contributed by atoms with Crippen LogP contribution in [-0.2, 0) is 6.42 Å². The van der Waals surface area contributed by atoms with Crippen molar-refractivity contribution in [2.45, 2.75) is 45.4 Å². The van der Waals surface area contributed by atoms with Crippen LogP contribution >= 0.6 is 0 Å². The summed E-state index contributed by atoms with van der Waals surface area (Å²) in [5.74, 6) is 0. The number of nitrogens with zero attached hydrogens (tertiary/aromatic N) is 5. The fourth-order valence-electron chi connectivity index (χ4n) is 3.81. The van der Waals surface area contributed by atoms with Gasteiger partial charge in [-0.2, -0.15) is 20.5 Å². The third-order valence-electron chi connectivity index (χ3n) is 5.74. The number of rotatable bonds is 8. The fraction of sp³-hybridized carbons (Fsp3) is 0.333. The largest absolute Gasteiger partial charge is 0.372 e. The minimum absolute atomic E-state index is 0.796. The van der Waals surface area contributed by atoms with Gasteiger partial charge in [0.1, 0.15) is 0 Å². The standard InChI is InChI=1S/C27H31N5/c1-2-3-7-22-8-10-23(11-9-22)28-29-24-12-14-25(15-13-24)30-31-26-16-18-27(19-17-26)32-20-5-4-6-21-32/h8-19H,2-7,20-21H2,1H3. The Hall–Kier alpha value is -3.34. The van der Waals surface area contributed by atoms with E-state index in [0.29, 0.717) is 0 Å². The van der Waals surface area contributed by atoms with E-state index in [2.05, 4.69) is 56.5 Å². The van der Waals surface area contributed by atoms with E-state index in [4.69, 9.17) is 0 Å². The van der Waals surface area contributed by atoms with Gasteiger partial charge >= 0.3 is 0 Å². The van der Waals surface area contributed by atoms with Crippen LogP contribution in [0, 0.1) is 0 Å². The summed E-state index contributed by atoms with van der Waals surface area (Å²) in [6.45, 7) is 4.51. The Labute approximate surface area is 190 Å². The summed E-state index contributed by atoms with van der Waals surface area (Å²) in [5.41, 5.74) is 5.93. The van der Waals surface area contributed by atoms with Gasteiger partial charge in [-0.15, -0.1) is 0 Å². The molecule has 0 spiro atoms. The molecule has 1 aliphatic rings. The van der Waals surface area contributed by atoms with Crippen molar-refractivity contribution >= 4 is 28.4 Å². The number of hydrogen-bond acceptors (Lipinski definition) is 5. The van der Waals surface area contributed by atoms with Crippen LogP contribution in [0.3, 0.4) is 0 Å². The van der Waals surface area contributed by atoms with Gasteiger partial charge in [0.2, 0.25) is 0 Å². The molecule has 1 fully saturated rings. The third-order valence-corrected chi connectivity index (χ3v) is 5.74. The van der Waals surface area contributed by atoms with Gasteiger partial charge in [-0.05, 0) is 98.3 Å². The molecule has 3 aromatic rings. The molecule has 1 saturated heterocycles. The minimum atomic E-state index is 0.796. The average Bonchev–Trinajstić information content (AvgIpc) is 2.87. The summed E-state index contributed by atoms with van der Waals surface area (Å²) in [4.78, 5) is 2.44. The quantitative estimate of drug-likeness (QED) is 0.332. The average molecular weight is 426 g/mol. The third kappa shape index (κ3) is 6.33. The van der Waals surface area contributed by atoms with E-state index in [9.17, 15) is 0 Å². The molecular weight excluding hydrogens is 394 g/mol. The Morgan fingerprint density at radius 1 is 0.594 bits per heavy atom. The van der Waals surface area contributed by atoms with Gasteiger partial charge in [0.15, 0.2) is 0 Å². The topological polar surface area (TPSA) is 52.7 Å². The molecule has 0 amide bonds. The molecule has 0 aliphatic carbocycles. The Morgan fingerprint density at radius 3 is 1.50 bits per heavy atom. The summed E-state index contributed by atoms with van der Waals surface area (Å²) in [5, 5.41) is 17.4. The van der Waals surface area contributed by atoms with Crippen molar-refractivity contribution in [1.82, 2.24) is 0 Å². The summed E-state index contributed by atoms with van der Waals surface area (Å²) in [6.07, 6.45) is 7.45. The first-order valence-corrected chi connectivity index (χ1v) is 11.7. The highest BCUT2D eigenvalue weighted by atomic mass is 15.1. The second-order valence-electron chi connectivity index (χ2n) is 8.25. The first-order chi connectivity index (χ1) is 15.8. The fourth-order valence-corrected chi connectivity index (χ4v) is 3.81. The van der Waals surface area contributed by atoms with Crippen molar-refractivity contribution in [3.8, 4) is 0 Å². The molecule has 0 aromatic heterocycles. The first-order valence-electron chi connectivity index (χ1n) is 11.7. The monoisotopic (exact) mass is 425 g/mol. The van der Waals surface area contributed by atoms with Crippen LogP contribution in [0.4, 0.5) is 28.4 Å². The number of anilines is 1. The van der Waals surface area contributed by atoms with Gasteiger partial charge in [-0.25, -0.2) is 0 Å². The van der Waals surface area contributed by atoms with Crippen molar-refractivity contribution in [3.05, 3.63) is 78.4 Å². The highest BCUT2D eigenvalue weighted by molar-refractivity contribution is 5.53. The van der Waals surface area contributed by atoms with Crippen LogP contribution in [0.25, 0.3) is 0 Å². The van der Waals surface area contributed by atoms with Crippen LogP contribution in [0.2, 0.25) is 0 Å². The summed E-state index contributed by atoms with van der Waals surface area (Å²) >= 11 is 0. The molecule has 164 valence electrons. The van der Waals surface area contributed by atoms with Crippen molar-refractivity contribution < 1.29 is 0 Å². The Kier molecular flexibility index (Phi) is 7.74. The van der Waals surface area contributed by atoms with Gasteiger partial charge < -0.3 is 4.90 Å². The minimum Gasteiger partial charge on any atom is -0.372 e. The zero-order valence-corrected chi connectivity index (χ0v) is 18.8. The lowest BCUT2D eigenvalue weighted by Crippen LogP contribution is -2.29. The lowest BCUT2D eigenvalue weighted by Gasteiger charge is -2.28. The molecule has 0 saturated carbocycles. The second-order valence-corrected chi connectivity index (χ2v) is 8.25. The number of aryl methyl sites for hydroxylation is 1. The lowest BCUT2D eigenvalue weighted by atomic mass is 10.1. The molecule has 0 atom stereocenters. The van der Waals surface area contributed by atoms with E-state index in [1.54, 1.807) is 0 Å². The summed E-state index contributed by atoms with van der Waals surface area (Å²) < 4.78 is 0. The van der Waals surface area contributed by atoms with Crippen molar-refractivity contribution in [3.63, 3.8) is 0 Å². The van der Waals surface area contributed by atoms with E-state index in [0.717, 1.165) is 42.3 Å². The normalized spacial score (nSPS) is 14.5.